The summed E-state index contributed by atoms with van der Waals surface area (Å²) in [6.07, 6.45) is 0.0323. The Labute approximate surface area is 108 Å². The van der Waals surface area contributed by atoms with Gasteiger partial charge in [-0.2, -0.15) is 0 Å². The van der Waals surface area contributed by atoms with Gasteiger partial charge in [0.05, 0.1) is 0 Å². The van der Waals surface area contributed by atoms with Gasteiger partial charge in [-0.05, 0) is 51.3 Å². The second-order valence-corrected chi connectivity index (χ2v) is 5.20. The summed E-state index contributed by atoms with van der Waals surface area (Å²) in [4.78, 5) is 11.7. The molecule has 2 N–H and O–H groups in total. The highest BCUT2D eigenvalue weighted by Crippen LogP contribution is 2.21. The minimum absolute atomic E-state index is 0.0495. The Balaban J connectivity index is 2.84. The van der Waals surface area contributed by atoms with Crippen molar-refractivity contribution < 1.29 is 14.6 Å². The number of ether oxygens (including phenoxy) is 1. The first-order chi connectivity index (χ1) is 8.33. The molecule has 0 spiro atoms. The topological polar surface area (TPSA) is 58.6 Å². The summed E-state index contributed by atoms with van der Waals surface area (Å²) in [5.41, 5.74) is 2.15. The van der Waals surface area contributed by atoms with Crippen LogP contribution in [-0.4, -0.2) is 23.4 Å². The van der Waals surface area contributed by atoms with E-state index in [2.05, 4.69) is 5.32 Å². The van der Waals surface area contributed by atoms with E-state index >= 15 is 0 Å². The zero-order chi connectivity index (χ0) is 13.8. The molecular formula is C14H21NO3. The van der Waals surface area contributed by atoms with Crippen LogP contribution in [0, 0.1) is 6.92 Å². The number of aliphatic hydroxyl groups is 1. The molecule has 0 aromatic heterocycles. The van der Waals surface area contributed by atoms with Crippen molar-refractivity contribution in [1.29, 1.82) is 0 Å². The van der Waals surface area contributed by atoms with Gasteiger partial charge >= 0.3 is 6.09 Å². The number of hydrogen-bond acceptors (Lipinski definition) is 3. The van der Waals surface area contributed by atoms with Crippen molar-refractivity contribution in [1.82, 2.24) is 0 Å². The Morgan fingerprint density at radius 1 is 1.39 bits per heavy atom. The van der Waals surface area contributed by atoms with Crippen LogP contribution in [0.25, 0.3) is 0 Å². The molecule has 0 aliphatic carbocycles. The molecule has 4 nitrogen and oxygen atoms in total. The van der Waals surface area contributed by atoms with Gasteiger partial charge in [0.1, 0.15) is 5.60 Å². The van der Waals surface area contributed by atoms with Crippen molar-refractivity contribution in [3.8, 4) is 0 Å². The maximum atomic E-state index is 11.7. The predicted octanol–water partition coefficient (Wildman–Crippen LogP) is 2.88. The molecule has 0 bridgehead atoms. The second kappa shape index (κ2) is 5.87. The third-order valence-corrected chi connectivity index (χ3v) is 2.41. The molecule has 0 heterocycles. The lowest BCUT2D eigenvalue weighted by Gasteiger charge is -2.20. The Morgan fingerprint density at radius 2 is 2.06 bits per heavy atom. The predicted molar refractivity (Wildman–Crippen MR) is 71.8 cm³/mol. The van der Waals surface area contributed by atoms with Crippen LogP contribution in [0.2, 0.25) is 0 Å². The van der Waals surface area contributed by atoms with E-state index in [4.69, 9.17) is 9.84 Å². The number of aliphatic hydroxyl groups excluding tert-OH is 1. The number of aryl methyl sites for hydroxylation is 1. The van der Waals surface area contributed by atoms with Gasteiger partial charge in [0.15, 0.2) is 0 Å². The first kappa shape index (κ1) is 14.5. The molecule has 0 aliphatic heterocycles. The molecule has 0 aliphatic rings. The number of amides is 1. The highest BCUT2D eigenvalue weighted by Gasteiger charge is 2.17. The van der Waals surface area contributed by atoms with Gasteiger partial charge in [-0.15, -0.1) is 0 Å². The van der Waals surface area contributed by atoms with Crippen molar-refractivity contribution in [3.63, 3.8) is 0 Å². The molecule has 1 amide bonds. The zero-order valence-electron chi connectivity index (χ0n) is 11.4. The van der Waals surface area contributed by atoms with Gasteiger partial charge < -0.3 is 9.84 Å². The van der Waals surface area contributed by atoms with Crippen LogP contribution < -0.4 is 5.32 Å². The molecule has 18 heavy (non-hydrogen) atoms. The number of carbonyl (C=O) groups excluding carboxylic acids is 1. The summed E-state index contributed by atoms with van der Waals surface area (Å²) in [7, 11) is 0. The summed E-state index contributed by atoms with van der Waals surface area (Å²) < 4.78 is 5.20. The molecule has 0 unspecified atom stereocenters. The number of rotatable bonds is 3. The van der Waals surface area contributed by atoms with E-state index in [1.807, 2.05) is 45.9 Å². The van der Waals surface area contributed by atoms with Gasteiger partial charge in [0.25, 0.3) is 0 Å². The average molecular weight is 251 g/mol. The van der Waals surface area contributed by atoms with Crippen molar-refractivity contribution in [3.05, 3.63) is 29.3 Å². The number of hydrogen-bond donors (Lipinski definition) is 2. The third-order valence-electron chi connectivity index (χ3n) is 2.41. The summed E-state index contributed by atoms with van der Waals surface area (Å²) in [6.45, 7) is 7.45. The van der Waals surface area contributed by atoms with E-state index in [-0.39, 0.29) is 6.61 Å². The maximum Gasteiger partial charge on any atom is 0.412 e. The molecule has 1 aromatic carbocycles. The highest BCUT2D eigenvalue weighted by atomic mass is 16.6. The standard InChI is InChI=1S/C14H21NO3/c1-10-6-5-7-12(11(10)8-9-16)15-13(17)18-14(2,3)4/h5-7,16H,8-9H2,1-4H3,(H,15,17). The van der Waals surface area contributed by atoms with Crippen LogP contribution in [0.5, 0.6) is 0 Å². The lowest BCUT2D eigenvalue weighted by molar-refractivity contribution is 0.0635. The molecule has 0 fully saturated rings. The summed E-state index contributed by atoms with van der Waals surface area (Å²) in [6, 6.07) is 5.62. The Hall–Kier alpha value is -1.55. The average Bonchev–Trinajstić information content (AvgIpc) is 2.20. The molecular weight excluding hydrogens is 230 g/mol. The van der Waals surface area contributed by atoms with Crippen LogP contribution >= 0.6 is 0 Å². The minimum Gasteiger partial charge on any atom is -0.444 e. The Kier molecular flexibility index (Phi) is 4.73. The summed E-state index contributed by atoms with van der Waals surface area (Å²) in [5.74, 6) is 0. The fraction of sp³-hybridized carbons (Fsp3) is 0.500. The maximum absolute atomic E-state index is 11.7. The van der Waals surface area contributed by atoms with Gasteiger partial charge in [0.2, 0.25) is 0 Å². The molecule has 100 valence electrons. The van der Waals surface area contributed by atoms with E-state index in [0.29, 0.717) is 12.1 Å². The van der Waals surface area contributed by atoms with Crippen LogP contribution in [-0.2, 0) is 11.2 Å². The monoisotopic (exact) mass is 251 g/mol. The van der Waals surface area contributed by atoms with Crippen LogP contribution in [0.4, 0.5) is 10.5 Å². The third kappa shape index (κ3) is 4.37. The fourth-order valence-corrected chi connectivity index (χ4v) is 1.68. The van der Waals surface area contributed by atoms with Crippen molar-refractivity contribution in [2.45, 2.75) is 39.7 Å². The van der Waals surface area contributed by atoms with E-state index in [1.54, 1.807) is 0 Å². The normalized spacial score (nSPS) is 11.2. The Bertz CT molecular complexity index is 422. The van der Waals surface area contributed by atoms with Crippen molar-refractivity contribution in [2.24, 2.45) is 0 Å². The van der Waals surface area contributed by atoms with Gasteiger partial charge in [-0.1, -0.05) is 12.1 Å². The molecule has 1 aromatic rings. The van der Waals surface area contributed by atoms with Crippen LogP contribution in [0.1, 0.15) is 31.9 Å². The van der Waals surface area contributed by atoms with E-state index < -0.39 is 11.7 Å². The lowest BCUT2D eigenvalue weighted by Crippen LogP contribution is -2.27. The van der Waals surface area contributed by atoms with E-state index in [1.165, 1.54) is 0 Å². The largest absolute Gasteiger partial charge is 0.444 e. The molecule has 4 heteroatoms. The summed E-state index contributed by atoms with van der Waals surface area (Å²) in [5, 5.41) is 11.8. The zero-order valence-corrected chi connectivity index (χ0v) is 11.4. The Morgan fingerprint density at radius 3 is 2.61 bits per heavy atom. The van der Waals surface area contributed by atoms with E-state index in [0.717, 1.165) is 11.1 Å². The lowest BCUT2D eigenvalue weighted by atomic mass is 10.0. The van der Waals surface area contributed by atoms with Gasteiger partial charge in [-0.25, -0.2) is 4.79 Å². The number of anilines is 1. The molecule has 0 radical (unpaired) electrons. The smallest absolute Gasteiger partial charge is 0.412 e. The molecule has 0 saturated heterocycles. The number of benzene rings is 1. The summed E-state index contributed by atoms with van der Waals surface area (Å²) >= 11 is 0. The number of nitrogens with one attached hydrogen (secondary N) is 1. The first-order valence-corrected chi connectivity index (χ1v) is 6.03. The molecule has 0 atom stereocenters. The number of carbonyl (C=O) groups is 1. The first-order valence-electron chi connectivity index (χ1n) is 6.03. The van der Waals surface area contributed by atoms with Crippen LogP contribution in [0.15, 0.2) is 18.2 Å². The molecule has 1 rings (SSSR count). The SMILES string of the molecule is Cc1cccc(NC(=O)OC(C)(C)C)c1CCO. The van der Waals surface area contributed by atoms with Crippen LogP contribution in [0.3, 0.4) is 0 Å². The fourth-order valence-electron chi connectivity index (χ4n) is 1.68. The highest BCUT2D eigenvalue weighted by molar-refractivity contribution is 5.86. The van der Waals surface area contributed by atoms with Crippen molar-refractivity contribution in [2.75, 3.05) is 11.9 Å². The molecule has 0 saturated carbocycles. The minimum atomic E-state index is -0.523. The second-order valence-electron chi connectivity index (χ2n) is 5.20. The van der Waals surface area contributed by atoms with Gasteiger partial charge in [0, 0.05) is 12.3 Å². The van der Waals surface area contributed by atoms with Crippen molar-refractivity contribution >= 4 is 11.8 Å². The quantitative estimate of drug-likeness (QED) is 0.868. The van der Waals surface area contributed by atoms with E-state index in [9.17, 15) is 4.79 Å². The van der Waals surface area contributed by atoms with Gasteiger partial charge in [-0.3, -0.25) is 5.32 Å².